The van der Waals surface area contributed by atoms with Crippen LogP contribution in [0.5, 0.6) is 5.75 Å². The number of benzene rings is 2. The molecule has 2 aromatic carbocycles. The minimum Gasteiger partial charge on any atom is -0.489 e. The quantitative estimate of drug-likeness (QED) is 0.426. The van der Waals surface area contributed by atoms with Gasteiger partial charge >= 0.3 is 0 Å². The van der Waals surface area contributed by atoms with Crippen LogP contribution >= 0.6 is 0 Å². The average Bonchev–Trinajstić information content (AvgIpc) is 3.36. The smallest absolute Gasteiger partial charge is 0.258 e. The maximum Gasteiger partial charge on any atom is 0.258 e. The lowest BCUT2D eigenvalue weighted by molar-refractivity contribution is 0.305. The maximum absolute atomic E-state index is 13.0. The second-order valence-electron chi connectivity index (χ2n) is 7.49. The minimum atomic E-state index is -0.297. The zero-order valence-corrected chi connectivity index (χ0v) is 17.6. The van der Waals surface area contributed by atoms with Crippen LogP contribution in [0.1, 0.15) is 5.56 Å². The third-order valence-corrected chi connectivity index (χ3v) is 5.40. The average molecular weight is 429 g/mol. The van der Waals surface area contributed by atoms with E-state index < -0.39 is 0 Å². The van der Waals surface area contributed by atoms with Crippen molar-refractivity contribution in [1.29, 1.82) is 0 Å². The molecule has 0 unspecified atom stereocenters. The Kier molecular flexibility index (Phi) is 4.82. The number of hydrogen-bond acceptors (Lipinski definition) is 4. The third kappa shape index (κ3) is 3.56. The van der Waals surface area contributed by atoms with Crippen molar-refractivity contribution in [2.45, 2.75) is 6.61 Å². The summed E-state index contributed by atoms with van der Waals surface area (Å²) in [4.78, 5) is 17.5. The molecule has 0 aliphatic carbocycles. The van der Waals surface area contributed by atoms with Gasteiger partial charge in [-0.2, -0.15) is 5.10 Å². The van der Waals surface area contributed by atoms with E-state index in [9.17, 15) is 9.18 Å². The summed E-state index contributed by atoms with van der Waals surface area (Å²) in [7, 11) is 3.82. The van der Waals surface area contributed by atoms with Crippen LogP contribution in [-0.2, 0) is 20.7 Å². The van der Waals surface area contributed by atoms with E-state index in [4.69, 9.17) is 9.72 Å². The summed E-state index contributed by atoms with van der Waals surface area (Å²) in [5, 5.41) is 4.22. The van der Waals surface area contributed by atoms with Gasteiger partial charge in [-0.25, -0.2) is 9.37 Å². The van der Waals surface area contributed by atoms with E-state index in [0.29, 0.717) is 5.75 Å². The molecule has 0 N–H and O–H groups in total. The highest BCUT2D eigenvalue weighted by atomic mass is 19.1. The molecule has 0 saturated carbocycles. The fourth-order valence-electron chi connectivity index (χ4n) is 3.66. The highest BCUT2D eigenvalue weighted by Crippen LogP contribution is 2.25. The number of hydrogen-bond donors (Lipinski definition) is 0. The molecule has 0 atom stereocenters. The van der Waals surface area contributed by atoms with E-state index >= 15 is 0 Å². The molecule has 0 radical (unpaired) electrons. The first kappa shape index (κ1) is 19.7. The number of imidazole rings is 1. The van der Waals surface area contributed by atoms with E-state index in [0.717, 1.165) is 33.8 Å². The molecule has 3 heterocycles. The van der Waals surface area contributed by atoms with Crippen molar-refractivity contribution in [3.05, 3.63) is 94.8 Å². The molecule has 0 amide bonds. The second-order valence-corrected chi connectivity index (χ2v) is 7.49. The Balaban J connectivity index is 1.43. The van der Waals surface area contributed by atoms with Gasteiger partial charge in [0, 0.05) is 32.6 Å². The Morgan fingerprint density at radius 3 is 2.53 bits per heavy atom. The molecule has 3 aromatic heterocycles. The van der Waals surface area contributed by atoms with E-state index in [1.54, 1.807) is 39.8 Å². The van der Waals surface area contributed by atoms with Crippen LogP contribution in [0.15, 0.2) is 77.9 Å². The summed E-state index contributed by atoms with van der Waals surface area (Å²) in [6, 6.07) is 16.9. The van der Waals surface area contributed by atoms with Gasteiger partial charge in [0.1, 0.15) is 23.9 Å². The number of halogens is 1. The normalized spacial score (nSPS) is 11.2. The fraction of sp³-hybridized carbons (Fsp3) is 0.125. The summed E-state index contributed by atoms with van der Waals surface area (Å²) in [5.41, 5.74) is 3.98. The number of pyridine rings is 1. The van der Waals surface area contributed by atoms with Gasteiger partial charge in [0.2, 0.25) is 0 Å². The highest BCUT2D eigenvalue weighted by Gasteiger charge is 2.14. The van der Waals surface area contributed by atoms with Crippen LogP contribution in [0.2, 0.25) is 0 Å². The lowest BCUT2D eigenvalue weighted by Crippen LogP contribution is -2.16. The van der Waals surface area contributed by atoms with Crippen molar-refractivity contribution < 1.29 is 9.13 Å². The molecule has 8 heteroatoms. The van der Waals surface area contributed by atoms with Crippen LogP contribution in [0.4, 0.5) is 4.39 Å². The largest absolute Gasteiger partial charge is 0.489 e. The van der Waals surface area contributed by atoms with Crippen molar-refractivity contribution in [3.8, 4) is 23.0 Å². The van der Waals surface area contributed by atoms with Crippen molar-refractivity contribution in [1.82, 2.24) is 23.9 Å². The van der Waals surface area contributed by atoms with Crippen LogP contribution in [0.3, 0.4) is 0 Å². The molecule has 160 valence electrons. The van der Waals surface area contributed by atoms with Crippen LogP contribution in [-0.4, -0.2) is 23.9 Å². The predicted molar refractivity (Wildman–Crippen MR) is 119 cm³/mol. The van der Waals surface area contributed by atoms with Gasteiger partial charge in [0.05, 0.1) is 16.7 Å². The monoisotopic (exact) mass is 429 g/mol. The summed E-state index contributed by atoms with van der Waals surface area (Å²) in [5.74, 6) is 0.957. The summed E-state index contributed by atoms with van der Waals surface area (Å²) < 4.78 is 24.0. The Morgan fingerprint density at radius 2 is 1.81 bits per heavy atom. The standard InChI is InChI=1S/C24H20FN5O2/c1-28-22-13-18(7-8-20(22)27-24(28)21-9-11-26-29(21)2)30-12-10-19(14-23(30)31)32-15-16-3-5-17(25)6-4-16/h3-14H,15H2,1-2H3. The Bertz CT molecular complexity index is 1480. The van der Waals surface area contributed by atoms with Gasteiger partial charge in [-0.1, -0.05) is 12.1 Å². The highest BCUT2D eigenvalue weighted by molar-refractivity contribution is 5.82. The van der Waals surface area contributed by atoms with Gasteiger partial charge in [-0.15, -0.1) is 0 Å². The van der Waals surface area contributed by atoms with E-state index in [2.05, 4.69) is 5.10 Å². The fourth-order valence-corrected chi connectivity index (χ4v) is 3.66. The molecule has 0 fully saturated rings. The number of nitrogens with zero attached hydrogens (tertiary/aromatic N) is 5. The summed E-state index contributed by atoms with van der Waals surface area (Å²) in [6.07, 6.45) is 3.42. The Hall–Kier alpha value is -4.20. The maximum atomic E-state index is 13.0. The molecule has 0 saturated heterocycles. The van der Waals surface area contributed by atoms with Crippen molar-refractivity contribution in [2.75, 3.05) is 0 Å². The van der Waals surface area contributed by atoms with Crippen molar-refractivity contribution >= 4 is 11.0 Å². The predicted octanol–water partition coefficient (Wildman–Crippen LogP) is 3.84. The van der Waals surface area contributed by atoms with E-state index in [1.807, 2.05) is 42.9 Å². The number of rotatable bonds is 5. The van der Waals surface area contributed by atoms with Crippen LogP contribution < -0.4 is 10.3 Å². The van der Waals surface area contributed by atoms with Gasteiger partial charge in [-0.05, 0) is 48.0 Å². The molecule has 0 aliphatic rings. The SMILES string of the molecule is Cn1nccc1-c1nc2ccc(-n3ccc(OCc4ccc(F)cc4)cc3=O)cc2n1C. The topological polar surface area (TPSA) is 66.9 Å². The van der Waals surface area contributed by atoms with Crippen molar-refractivity contribution in [2.24, 2.45) is 14.1 Å². The molecule has 5 aromatic rings. The lowest BCUT2D eigenvalue weighted by Gasteiger charge is -2.10. The van der Waals surface area contributed by atoms with Gasteiger partial charge in [0.15, 0.2) is 5.82 Å². The first-order valence-electron chi connectivity index (χ1n) is 10.0. The second kappa shape index (κ2) is 7.81. The molecule has 7 nitrogen and oxygen atoms in total. The molecule has 32 heavy (non-hydrogen) atoms. The summed E-state index contributed by atoms with van der Waals surface area (Å²) >= 11 is 0. The number of fused-ring (bicyclic) bond motifs is 1. The molecular weight excluding hydrogens is 409 g/mol. The molecule has 0 aliphatic heterocycles. The van der Waals surface area contributed by atoms with Crippen LogP contribution in [0.25, 0.3) is 28.2 Å². The molecular formula is C24H20FN5O2. The van der Waals surface area contributed by atoms with Gasteiger partial charge in [0.25, 0.3) is 5.56 Å². The molecule has 0 spiro atoms. The third-order valence-electron chi connectivity index (χ3n) is 5.40. The van der Waals surface area contributed by atoms with Crippen LogP contribution in [0, 0.1) is 5.82 Å². The number of aryl methyl sites for hydroxylation is 2. The van der Waals surface area contributed by atoms with Gasteiger partial charge in [-0.3, -0.25) is 14.0 Å². The first-order chi connectivity index (χ1) is 15.5. The summed E-state index contributed by atoms with van der Waals surface area (Å²) in [6.45, 7) is 0.251. The number of aromatic nitrogens is 5. The zero-order valence-electron chi connectivity index (χ0n) is 17.6. The first-order valence-corrected chi connectivity index (χ1v) is 10.0. The Morgan fingerprint density at radius 1 is 1.00 bits per heavy atom. The van der Waals surface area contributed by atoms with Gasteiger partial charge < -0.3 is 9.30 Å². The number of ether oxygens (including phenoxy) is 1. The Labute approximate surface area is 182 Å². The zero-order chi connectivity index (χ0) is 22.2. The van der Waals surface area contributed by atoms with Crippen molar-refractivity contribution in [3.63, 3.8) is 0 Å². The van der Waals surface area contributed by atoms with E-state index in [-0.39, 0.29) is 18.0 Å². The molecule has 0 bridgehead atoms. The minimum absolute atomic E-state index is 0.213. The van der Waals surface area contributed by atoms with E-state index in [1.165, 1.54) is 18.2 Å². The lowest BCUT2D eigenvalue weighted by atomic mass is 10.2. The molecule has 5 rings (SSSR count).